The highest BCUT2D eigenvalue weighted by atomic mass is 35.5. The second kappa shape index (κ2) is 8.82. The molecule has 0 radical (unpaired) electrons. The van der Waals surface area contributed by atoms with Crippen molar-refractivity contribution >= 4 is 23.3 Å². The zero-order chi connectivity index (χ0) is 22.0. The second-order valence-corrected chi connectivity index (χ2v) is 8.59. The molecule has 2 aliphatic rings. The summed E-state index contributed by atoms with van der Waals surface area (Å²) >= 11 is 6.10. The van der Waals surface area contributed by atoms with Gasteiger partial charge in [-0.3, -0.25) is 0 Å². The van der Waals surface area contributed by atoms with Crippen molar-refractivity contribution in [3.8, 4) is 17.2 Å². The largest absolute Gasteiger partial charge is 0.508 e. The molecule has 0 saturated carbocycles. The van der Waals surface area contributed by atoms with Crippen LogP contribution >= 0.6 is 11.6 Å². The Hall–Kier alpha value is -2.68. The maximum atomic E-state index is 11.1. The second-order valence-electron chi connectivity index (χ2n) is 8.15. The number of phenols is 1. The predicted octanol–water partition coefficient (Wildman–Crippen LogP) is 2.75. The lowest BCUT2D eigenvalue weighted by atomic mass is 9.87. The lowest BCUT2D eigenvalue weighted by Gasteiger charge is -2.39. The molecule has 0 aromatic heterocycles. The molecule has 1 spiro atoms. The first-order chi connectivity index (χ1) is 14.8. The van der Waals surface area contributed by atoms with E-state index in [4.69, 9.17) is 26.8 Å². The molecule has 31 heavy (non-hydrogen) atoms. The highest BCUT2D eigenvalue weighted by Crippen LogP contribution is 2.42. The molecule has 0 bridgehead atoms. The third-order valence-electron chi connectivity index (χ3n) is 5.75. The number of carbonyl (C=O) groups is 1. The summed E-state index contributed by atoms with van der Waals surface area (Å²) in [7, 11) is 0. The molecule has 2 heterocycles. The third kappa shape index (κ3) is 5.15. The number of amides is 2. The standard InChI is InChI=1S/C22H26ClN3O5/c23-15-1-4-19-14(9-15)11-22(31-19)5-7-26(8-6-22)12-17(28)13-30-20-10-16(27)2-3-18(20)25-21(24)29/h1-4,9-10,17,27-28H,5-8,11-13H2,(H3,24,25,29)/t17-/m0/s1. The SMILES string of the molecule is NC(=O)Nc1ccc(O)cc1OC[C@@H](O)CN1CCC2(CC1)Cc1cc(Cl)ccc1O2. The van der Waals surface area contributed by atoms with Crippen LogP contribution in [-0.4, -0.2) is 59.1 Å². The van der Waals surface area contributed by atoms with Gasteiger partial charge in [-0.15, -0.1) is 0 Å². The van der Waals surface area contributed by atoms with E-state index in [0.29, 0.717) is 12.2 Å². The number of nitrogens with one attached hydrogen (secondary N) is 1. The van der Waals surface area contributed by atoms with E-state index in [9.17, 15) is 15.0 Å². The minimum absolute atomic E-state index is 0.0129. The van der Waals surface area contributed by atoms with E-state index < -0.39 is 12.1 Å². The Balaban J connectivity index is 1.27. The number of hydrogen-bond donors (Lipinski definition) is 4. The number of hydrogen-bond acceptors (Lipinski definition) is 6. The lowest BCUT2D eigenvalue weighted by Crippen LogP contribution is -2.49. The zero-order valence-electron chi connectivity index (χ0n) is 17.0. The molecule has 1 fully saturated rings. The Morgan fingerprint density at radius 1 is 1.29 bits per heavy atom. The molecule has 8 nitrogen and oxygen atoms in total. The van der Waals surface area contributed by atoms with Gasteiger partial charge in [-0.25, -0.2) is 4.79 Å². The van der Waals surface area contributed by atoms with Gasteiger partial charge in [0.15, 0.2) is 0 Å². The van der Waals surface area contributed by atoms with Crippen LogP contribution in [0.15, 0.2) is 36.4 Å². The maximum absolute atomic E-state index is 11.1. The van der Waals surface area contributed by atoms with Crippen LogP contribution in [0.4, 0.5) is 10.5 Å². The van der Waals surface area contributed by atoms with Gasteiger partial charge >= 0.3 is 6.03 Å². The van der Waals surface area contributed by atoms with Crippen molar-refractivity contribution in [2.45, 2.75) is 31.0 Å². The number of aromatic hydroxyl groups is 1. The fraction of sp³-hybridized carbons (Fsp3) is 0.409. The summed E-state index contributed by atoms with van der Waals surface area (Å²) in [4.78, 5) is 13.3. The van der Waals surface area contributed by atoms with Crippen molar-refractivity contribution in [2.75, 3.05) is 31.6 Å². The van der Waals surface area contributed by atoms with Gasteiger partial charge in [0.2, 0.25) is 0 Å². The summed E-state index contributed by atoms with van der Waals surface area (Å²) in [5.74, 6) is 1.14. The van der Waals surface area contributed by atoms with Gasteiger partial charge < -0.3 is 35.6 Å². The van der Waals surface area contributed by atoms with Crippen LogP contribution in [0.25, 0.3) is 0 Å². The number of aliphatic hydroxyl groups is 1. The van der Waals surface area contributed by atoms with Crippen molar-refractivity contribution in [1.29, 1.82) is 0 Å². The Bertz CT molecular complexity index is 962. The molecule has 2 amide bonds. The highest BCUT2D eigenvalue weighted by molar-refractivity contribution is 6.30. The van der Waals surface area contributed by atoms with Crippen LogP contribution < -0.4 is 20.5 Å². The van der Waals surface area contributed by atoms with Gasteiger partial charge in [0.05, 0.1) is 5.69 Å². The lowest BCUT2D eigenvalue weighted by molar-refractivity contribution is -0.00192. The van der Waals surface area contributed by atoms with E-state index in [1.165, 1.54) is 18.2 Å². The third-order valence-corrected chi connectivity index (χ3v) is 5.99. The Kier molecular flexibility index (Phi) is 6.13. The summed E-state index contributed by atoms with van der Waals surface area (Å²) in [6, 6.07) is 9.28. The number of nitrogens with zero attached hydrogens (tertiary/aromatic N) is 1. The Labute approximate surface area is 185 Å². The Morgan fingerprint density at radius 3 is 2.81 bits per heavy atom. The van der Waals surface area contributed by atoms with E-state index >= 15 is 0 Å². The van der Waals surface area contributed by atoms with Crippen LogP contribution in [0.5, 0.6) is 17.2 Å². The van der Waals surface area contributed by atoms with Gasteiger partial charge in [-0.1, -0.05) is 11.6 Å². The predicted molar refractivity (Wildman–Crippen MR) is 117 cm³/mol. The van der Waals surface area contributed by atoms with Crippen molar-refractivity contribution in [2.24, 2.45) is 5.73 Å². The van der Waals surface area contributed by atoms with Crippen molar-refractivity contribution in [1.82, 2.24) is 4.90 Å². The van der Waals surface area contributed by atoms with E-state index in [0.717, 1.165) is 48.7 Å². The normalized spacial score (nSPS) is 18.3. The van der Waals surface area contributed by atoms with E-state index in [2.05, 4.69) is 10.2 Å². The molecule has 0 aliphatic carbocycles. The molecule has 0 unspecified atom stereocenters. The number of urea groups is 1. The Morgan fingerprint density at radius 2 is 2.06 bits per heavy atom. The smallest absolute Gasteiger partial charge is 0.316 e. The van der Waals surface area contributed by atoms with Crippen LogP contribution in [0.2, 0.25) is 5.02 Å². The topological polar surface area (TPSA) is 117 Å². The number of aliphatic hydroxyl groups excluding tert-OH is 1. The first-order valence-electron chi connectivity index (χ1n) is 10.2. The number of benzene rings is 2. The quantitative estimate of drug-likeness (QED) is 0.506. The highest BCUT2D eigenvalue weighted by Gasteiger charge is 2.42. The van der Waals surface area contributed by atoms with E-state index in [1.807, 2.05) is 18.2 Å². The number of carbonyl (C=O) groups excluding carboxylic acids is 1. The van der Waals surface area contributed by atoms with E-state index in [-0.39, 0.29) is 23.7 Å². The first kappa shape index (κ1) is 21.5. The fourth-order valence-electron chi connectivity index (χ4n) is 4.23. The molecule has 9 heteroatoms. The number of rotatable bonds is 6. The van der Waals surface area contributed by atoms with Crippen LogP contribution in [0, 0.1) is 0 Å². The number of halogens is 1. The van der Waals surface area contributed by atoms with Crippen LogP contribution in [0.1, 0.15) is 18.4 Å². The molecule has 1 atom stereocenters. The van der Waals surface area contributed by atoms with Gasteiger partial charge in [-0.05, 0) is 35.9 Å². The number of fused-ring (bicyclic) bond motifs is 1. The number of primary amides is 1. The minimum Gasteiger partial charge on any atom is -0.508 e. The molecule has 1 saturated heterocycles. The molecule has 4 rings (SSSR count). The number of nitrogens with two attached hydrogens (primary N) is 1. The molecule has 2 aromatic rings. The number of phenolic OH excluding ortho intramolecular Hbond substituents is 1. The van der Waals surface area contributed by atoms with Crippen molar-refractivity contribution in [3.63, 3.8) is 0 Å². The first-order valence-corrected chi connectivity index (χ1v) is 10.6. The summed E-state index contributed by atoms with van der Waals surface area (Å²) in [5.41, 5.74) is 6.44. The molecular formula is C22H26ClN3O5. The van der Waals surface area contributed by atoms with Gasteiger partial charge in [-0.2, -0.15) is 0 Å². The average Bonchev–Trinajstić information content (AvgIpc) is 3.06. The average molecular weight is 448 g/mol. The molecule has 2 aliphatic heterocycles. The van der Waals surface area contributed by atoms with Crippen LogP contribution in [0.3, 0.4) is 0 Å². The molecule has 5 N–H and O–H groups in total. The molecule has 166 valence electrons. The number of likely N-dealkylation sites (tertiary alicyclic amines) is 1. The number of piperidine rings is 1. The minimum atomic E-state index is -0.739. The number of anilines is 1. The van der Waals surface area contributed by atoms with Crippen LogP contribution in [-0.2, 0) is 6.42 Å². The van der Waals surface area contributed by atoms with Gasteiger partial charge in [0.1, 0.15) is 35.6 Å². The zero-order valence-corrected chi connectivity index (χ0v) is 17.8. The molecular weight excluding hydrogens is 422 g/mol. The summed E-state index contributed by atoms with van der Waals surface area (Å²) in [6.07, 6.45) is 1.85. The van der Waals surface area contributed by atoms with Crippen molar-refractivity contribution < 1.29 is 24.5 Å². The number of ether oxygens (including phenoxy) is 2. The summed E-state index contributed by atoms with van der Waals surface area (Å²) in [5, 5.41) is 23.3. The summed E-state index contributed by atoms with van der Waals surface area (Å²) in [6.45, 7) is 2.07. The van der Waals surface area contributed by atoms with Crippen molar-refractivity contribution in [3.05, 3.63) is 47.0 Å². The maximum Gasteiger partial charge on any atom is 0.316 e. The number of β-amino-alcohol motifs (C(OH)–C–C–N with tert-alkyl or cyclic N) is 1. The van der Waals surface area contributed by atoms with E-state index in [1.54, 1.807) is 0 Å². The summed E-state index contributed by atoms with van der Waals surface area (Å²) < 4.78 is 11.9. The fourth-order valence-corrected chi connectivity index (χ4v) is 4.42. The van der Waals surface area contributed by atoms with Gasteiger partial charge in [0, 0.05) is 50.0 Å². The molecule has 2 aromatic carbocycles. The monoisotopic (exact) mass is 447 g/mol. The van der Waals surface area contributed by atoms with Gasteiger partial charge in [0.25, 0.3) is 0 Å².